The van der Waals surface area contributed by atoms with E-state index in [0.29, 0.717) is 11.5 Å². The van der Waals surface area contributed by atoms with Crippen LogP contribution in [-0.2, 0) is 6.42 Å². The number of likely N-dealkylation sites (tertiary alicyclic amines) is 1. The normalized spacial score (nSPS) is 18.5. The third kappa shape index (κ3) is 4.20. The molecule has 2 aromatic rings. The summed E-state index contributed by atoms with van der Waals surface area (Å²) >= 11 is 0. The Hall–Kier alpha value is -2.20. The molecule has 4 nitrogen and oxygen atoms in total. The molecule has 0 spiro atoms. The largest absolute Gasteiger partial charge is 0.478 e. The van der Waals surface area contributed by atoms with Crippen molar-refractivity contribution in [1.29, 1.82) is 0 Å². The SMILES string of the molecule is Cc1cccc(CCN2CCCC(c3cccc(C(=O)O)c3)C2)n1. The Balaban J connectivity index is 1.62. The van der Waals surface area contributed by atoms with Crippen LogP contribution in [0.1, 0.15) is 46.1 Å². The minimum atomic E-state index is -0.852. The van der Waals surface area contributed by atoms with E-state index in [1.807, 2.05) is 25.1 Å². The zero-order valence-corrected chi connectivity index (χ0v) is 14.1. The Labute approximate surface area is 143 Å². The topological polar surface area (TPSA) is 53.4 Å². The van der Waals surface area contributed by atoms with Crippen molar-refractivity contribution in [3.8, 4) is 0 Å². The van der Waals surface area contributed by atoms with Crippen LogP contribution in [0.2, 0.25) is 0 Å². The molecule has 1 saturated heterocycles. The molecular formula is C20H24N2O2. The van der Waals surface area contributed by atoms with Crippen LogP contribution in [0, 0.1) is 6.92 Å². The van der Waals surface area contributed by atoms with E-state index in [-0.39, 0.29) is 0 Å². The first kappa shape index (κ1) is 16.7. The fourth-order valence-electron chi connectivity index (χ4n) is 3.47. The van der Waals surface area contributed by atoms with Gasteiger partial charge in [0, 0.05) is 30.9 Å². The smallest absolute Gasteiger partial charge is 0.335 e. The van der Waals surface area contributed by atoms with E-state index in [4.69, 9.17) is 0 Å². The molecule has 4 heteroatoms. The quantitative estimate of drug-likeness (QED) is 0.914. The van der Waals surface area contributed by atoms with Gasteiger partial charge >= 0.3 is 5.97 Å². The first-order valence-corrected chi connectivity index (χ1v) is 8.60. The Morgan fingerprint density at radius 2 is 2.12 bits per heavy atom. The van der Waals surface area contributed by atoms with Crippen molar-refractivity contribution in [3.05, 3.63) is 65.0 Å². The molecule has 1 N–H and O–H groups in total. The Morgan fingerprint density at radius 3 is 2.92 bits per heavy atom. The highest BCUT2D eigenvalue weighted by Gasteiger charge is 2.21. The first-order chi connectivity index (χ1) is 11.6. The number of nitrogens with zero attached hydrogens (tertiary/aromatic N) is 2. The van der Waals surface area contributed by atoms with Gasteiger partial charge in [0.25, 0.3) is 0 Å². The van der Waals surface area contributed by atoms with E-state index in [1.54, 1.807) is 6.07 Å². The summed E-state index contributed by atoms with van der Waals surface area (Å²) in [4.78, 5) is 18.2. The van der Waals surface area contributed by atoms with Crippen molar-refractivity contribution < 1.29 is 9.90 Å². The fraction of sp³-hybridized carbons (Fsp3) is 0.400. The van der Waals surface area contributed by atoms with Gasteiger partial charge in [-0.15, -0.1) is 0 Å². The van der Waals surface area contributed by atoms with Crippen LogP contribution < -0.4 is 0 Å². The van der Waals surface area contributed by atoms with E-state index in [2.05, 4.69) is 28.1 Å². The van der Waals surface area contributed by atoms with Gasteiger partial charge in [-0.3, -0.25) is 4.98 Å². The predicted molar refractivity (Wildman–Crippen MR) is 94.5 cm³/mol. The second-order valence-electron chi connectivity index (χ2n) is 6.59. The number of carboxylic acid groups (broad SMARTS) is 1. The number of carbonyl (C=O) groups is 1. The van der Waals surface area contributed by atoms with E-state index in [0.717, 1.165) is 55.8 Å². The summed E-state index contributed by atoms with van der Waals surface area (Å²) in [5.41, 5.74) is 3.74. The van der Waals surface area contributed by atoms with E-state index in [9.17, 15) is 9.90 Å². The lowest BCUT2D eigenvalue weighted by Crippen LogP contribution is -2.36. The zero-order valence-electron chi connectivity index (χ0n) is 14.1. The number of benzene rings is 1. The molecule has 1 fully saturated rings. The van der Waals surface area contributed by atoms with Crippen LogP contribution in [0.4, 0.5) is 0 Å². The molecule has 0 amide bonds. The van der Waals surface area contributed by atoms with Crippen molar-refractivity contribution in [2.24, 2.45) is 0 Å². The summed E-state index contributed by atoms with van der Waals surface area (Å²) in [7, 11) is 0. The van der Waals surface area contributed by atoms with Gasteiger partial charge in [0.2, 0.25) is 0 Å². The standard InChI is InChI=1S/C20H24N2O2/c1-15-5-2-9-19(21-15)10-12-22-11-4-8-18(14-22)16-6-3-7-17(13-16)20(23)24/h2-3,5-7,9,13,18H,4,8,10-12,14H2,1H3,(H,23,24). The highest BCUT2D eigenvalue weighted by atomic mass is 16.4. The molecule has 1 atom stereocenters. The lowest BCUT2D eigenvalue weighted by atomic mass is 9.89. The zero-order chi connectivity index (χ0) is 16.9. The summed E-state index contributed by atoms with van der Waals surface area (Å²) in [5, 5.41) is 9.17. The summed E-state index contributed by atoms with van der Waals surface area (Å²) in [6.45, 7) is 5.14. The van der Waals surface area contributed by atoms with Gasteiger partial charge in [-0.2, -0.15) is 0 Å². The molecule has 24 heavy (non-hydrogen) atoms. The molecule has 0 bridgehead atoms. The molecule has 1 unspecified atom stereocenters. The molecule has 1 aliphatic heterocycles. The lowest BCUT2D eigenvalue weighted by Gasteiger charge is -2.33. The average molecular weight is 324 g/mol. The highest BCUT2D eigenvalue weighted by Crippen LogP contribution is 2.27. The predicted octanol–water partition coefficient (Wildman–Crippen LogP) is 3.51. The second kappa shape index (κ2) is 7.58. The Bertz CT molecular complexity index is 714. The van der Waals surface area contributed by atoms with Crippen LogP contribution in [-0.4, -0.2) is 40.6 Å². The van der Waals surface area contributed by atoms with Crippen molar-refractivity contribution >= 4 is 5.97 Å². The summed E-state index contributed by atoms with van der Waals surface area (Å²) in [6.07, 6.45) is 3.25. The number of piperidine rings is 1. The highest BCUT2D eigenvalue weighted by molar-refractivity contribution is 5.87. The monoisotopic (exact) mass is 324 g/mol. The molecule has 1 aliphatic rings. The van der Waals surface area contributed by atoms with Gasteiger partial charge in [0.1, 0.15) is 0 Å². The number of rotatable bonds is 5. The van der Waals surface area contributed by atoms with E-state index < -0.39 is 5.97 Å². The van der Waals surface area contributed by atoms with Crippen LogP contribution in [0.5, 0.6) is 0 Å². The fourth-order valence-corrected chi connectivity index (χ4v) is 3.47. The number of aromatic nitrogens is 1. The molecule has 0 radical (unpaired) electrons. The molecule has 1 aromatic heterocycles. The number of hydrogen-bond acceptors (Lipinski definition) is 3. The molecule has 1 aromatic carbocycles. The molecule has 3 rings (SSSR count). The van der Waals surface area contributed by atoms with Gasteiger partial charge < -0.3 is 10.0 Å². The summed E-state index contributed by atoms with van der Waals surface area (Å²) < 4.78 is 0. The maximum atomic E-state index is 11.2. The number of aromatic carboxylic acids is 1. The molecule has 2 heterocycles. The summed E-state index contributed by atoms with van der Waals surface area (Å²) in [5.74, 6) is -0.432. The molecule has 0 aliphatic carbocycles. The maximum absolute atomic E-state index is 11.2. The van der Waals surface area contributed by atoms with Crippen molar-refractivity contribution in [2.45, 2.75) is 32.1 Å². The van der Waals surface area contributed by atoms with Crippen molar-refractivity contribution in [1.82, 2.24) is 9.88 Å². The number of carboxylic acids is 1. The number of aryl methyl sites for hydroxylation is 1. The van der Waals surface area contributed by atoms with Crippen LogP contribution >= 0.6 is 0 Å². The first-order valence-electron chi connectivity index (χ1n) is 8.60. The Morgan fingerprint density at radius 1 is 1.29 bits per heavy atom. The van der Waals surface area contributed by atoms with Gasteiger partial charge in [-0.1, -0.05) is 18.2 Å². The summed E-state index contributed by atoms with van der Waals surface area (Å²) in [6, 6.07) is 13.6. The average Bonchev–Trinajstić information content (AvgIpc) is 2.60. The van der Waals surface area contributed by atoms with Crippen molar-refractivity contribution in [3.63, 3.8) is 0 Å². The molecule has 0 saturated carbocycles. The van der Waals surface area contributed by atoms with E-state index in [1.165, 1.54) is 0 Å². The van der Waals surface area contributed by atoms with Crippen molar-refractivity contribution in [2.75, 3.05) is 19.6 Å². The minimum absolute atomic E-state index is 0.383. The molecule has 126 valence electrons. The van der Waals surface area contributed by atoms with Gasteiger partial charge in [0.15, 0.2) is 0 Å². The van der Waals surface area contributed by atoms with Gasteiger partial charge in [-0.25, -0.2) is 4.79 Å². The van der Waals surface area contributed by atoms with Crippen LogP contribution in [0.3, 0.4) is 0 Å². The van der Waals surface area contributed by atoms with Gasteiger partial charge in [0.05, 0.1) is 5.56 Å². The third-order valence-corrected chi connectivity index (χ3v) is 4.74. The molecular weight excluding hydrogens is 300 g/mol. The minimum Gasteiger partial charge on any atom is -0.478 e. The lowest BCUT2D eigenvalue weighted by molar-refractivity contribution is 0.0696. The van der Waals surface area contributed by atoms with E-state index >= 15 is 0 Å². The second-order valence-corrected chi connectivity index (χ2v) is 6.59. The Kier molecular flexibility index (Phi) is 5.26. The number of pyridine rings is 1. The van der Waals surface area contributed by atoms with Crippen LogP contribution in [0.15, 0.2) is 42.5 Å². The third-order valence-electron chi connectivity index (χ3n) is 4.74. The van der Waals surface area contributed by atoms with Crippen LogP contribution in [0.25, 0.3) is 0 Å². The van der Waals surface area contributed by atoms with Gasteiger partial charge in [-0.05, 0) is 62.1 Å². The maximum Gasteiger partial charge on any atom is 0.335 e. The number of hydrogen-bond donors (Lipinski definition) is 1.